The Bertz CT molecular complexity index is 560. The molecule has 100 valence electrons. The van der Waals surface area contributed by atoms with Crippen LogP contribution in [-0.2, 0) is 6.54 Å². The molecule has 4 heteroatoms. The summed E-state index contributed by atoms with van der Waals surface area (Å²) in [5.74, 6) is 0.373. The summed E-state index contributed by atoms with van der Waals surface area (Å²) in [7, 11) is 0. The van der Waals surface area contributed by atoms with Crippen LogP contribution >= 0.6 is 11.6 Å². The highest BCUT2D eigenvalue weighted by atomic mass is 35.5. The van der Waals surface area contributed by atoms with Gasteiger partial charge in [0.1, 0.15) is 5.75 Å². The van der Waals surface area contributed by atoms with Crippen molar-refractivity contribution in [1.82, 2.24) is 5.32 Å². The third-order valence-corrected chi connectivity index (χ3v) is 3.04. The number of hydrogen-bond donors (Lipinski definition) is 1. The van der Waals surface area contributed by atoms with Gasteiger partial charge in [-0.15, -0.1) is 0 Å². The fourth-order valence-electron chi connectivity index (χ4n) is 1.70. The summed E-state index contributed by atoms with van der Waals surface area (Å²) in [5.41, 5.74) is 0.828. The van der Waals surface area contributed by atoms with E-state index in [2.05, 4.69) is 5.32 Å². The number of nitrogens with one attached hydrogen (secondary N) is 1. The maximum absolute atomic E-state index is 13.6. The first-order valence-electron chi connectivity index (χ1n) is 6.13. The molecule has 0 bridgehead atoms. The molecule has 0 saturated carbocycles. The average Bonchev–Trinajstić information content (AvgIpc) is 2.41. The van der Waals surface area contributed by atoms with Crippen molar-refractivity contribution in [2.45, 2.75) is 13.5 Å². The van der Waals surface area contributed by atoms with Crippen LogP contribution in [0.4, 0.5) is 4.39 Å². The van der Waals surface area contributed by atoms with Crippen LogP contribution in [0.1, 0.15) is 12.5 Å². The molecule has 0 radical (unpaired) electrons. The molecular weight excluding hydrogens is 265 g/mol. The zero-order chi connectivity index (χ0) is 13.7. The quantitative estimate of drug-likeness (QED) is 0.877. The fraction of sp³-hybridized carbons (Fsp3) is 0.200. The van der Waals surface area contributed by atoms with E-state index in [1.807, 2.05) is 6.92 Å². The number of benzene rings is 2. The number of halogens is 2. The molecule has 0 aliphatic rings. The Labute approximate surface area is 117 Å². The molecule has 0 aliphatic carbocycles. The van der Waals surface area contributed by atoms with E-state index in [9.17, 15) is 4.39 Å². The summed E-state index contributed by atoms with van der Waals surface area (Å²) in [5, 5.41) is 3.79. The third kappa shape index (κ3) is 3.46. The van der Waals surface area contributed by atoms with Crippen LogP contribution in [0.5, 0.6) is 11.5 Å². The van der Waals surface area contributed by atoms with Crippen LogP contribution in [0.15, 0.2) is 42.5 Å². The highest BCUT2D eigenvalue weighted by molar-refractivity contribution is 6.31. The molecular formula is C15H15ClFNO. The predicted molar refractivity (Wildman–Crippen MR) is 75.3 cm³/mol. The van der Waals surface area contributed by atoms with Crippen molar-refractivity contribution in [2.75, 3.05) is 6.54 Å². The molecule has 0 spiro atoms. The number of ether oxygens (including phenoxy) is 1. The SMILES string of the molecule is CCNCc1c(Cl)cccc1Oc1ccccc1F. The van der Waals surface area contributed by atoms with Crippen LogP contribution in [-0.4, -0.2) is 6.54 Å². The largest absolute Gasteiger partial charge is 0.454 e. The van der Waals surface area contributed by atoms with Crippen LogP contribution in [0.3, 0.4) is 0 Å². The van der Waals surface area contributed by atoms with E-state index in [4.69, 9.17) is 16.3 Å². The van der Waals surface area contributed by atoms with Gasteiger partial charge in [-0.1, -0.05) is 36.7 Å². The zero-order valence-corrected chi connectivity index (χ0v) is 11.4. The van der Waals surface area contributed by atoms with E-state index in [0.29, 0.717) is 17.3 Å². The van der Waals surface area contributed by atoms with E-state index in [1.165, 1.54) is 6.07 Å². The van der Waals surface area contributed by atoms with Crippen molar-refractivity contribution in [3.05, 3.63) is 58.9 Å². The summed E-state index contributed by atoms with van der Waals surface area (Å²) < 4.78 is 19.2. The Kier molecular flexibility index (Phi) is 4.77. The number of hydrogen-bond acceptors (Lipinski definition) is 2. The van der Waals surface area contributed by atoms with Gasteiger partial charge in [0.15, 0.2) is 11.6 Å². The Morgan fingerprint density at radius 3 is 2.58 bits per heavy atom. The van der Waals surface area contributed by atoms with Crippen LogP contribution in [0.2, 0.25) is 5.02 Å². The van der Waals surface area contributed by atoms with Gasteiger partial charge in [0.2, 0.25) is 0 Å². The highest BCUT2D eigenvalue weighted by Gasteiger charge is 2.10. The molecule has 0 aliphatic heterocycles. The summed E-state index contributed by atoms with van der Waals surface area (Å²) in [6.45, 7) is 3.42. The van der Waals surface area contributed by atoms with E-state index in [-0.39, 0.29) is 5.75 Å². The van der Waals surface area contributed by atoms with Gasteiger partial charge >= 0.3 is 0 Å². The monoisotopic (exact) mass is 279 g/mol. The van der Waals surface area contributed by atoms with Gasteiger partial charge in [-0.2, -0.15) is 0 Å². The minimum absolute atomic E-state index is 0.197. The summed E-state index contributed by atoms with van der Waals surface area (Å²) in [4.78, 5) is 0. The van der Waals surface area contributed by atoms with Crippen molar-refractivity contribution in [3.8, 4) is 11.5 Å². The van der Waals surface area contributed by atoms with Gasteiger partial charge in [0.05, 0.1) is 0 Å². The summed E-state index contributed by atoms with van der Waals surface area (Å²) in [6, 6.07) is 11.7. The smallest absolute Gasteiger partial charge is 0.165 e. The first-order chi connectivity index (χ1) is 9.22. The fourth-order valence-corrected chi connectivity index (χ4v) is 1.93. The second-order valence-electron chi connectivity index (χ2n) is 4.03. The van der Waals surface area contributed by atoms with Gasteiger partial charge in [-0.05, 0) is 30.8 Å². The van der Waals surface area contributed by atoms with Crippen molar-refractivity contribution in [3.63, 3.8) is 0 Å². The first kappa shape index (κ1) is 13.8. The van der Waals surface area contributed by atoms with Crippen LogP contribution in [0.25, 0.3) is 0 Å². The Hall–Kier alpha value is -1.58. The zero-order valence-electron chi connectivity index (χ0n) is 10.6. The Balaban J connectivity index is 2.29. The van der Waals surface area contributed by atoms with Gasteiger partial charge in [-0.3, -0.25) is 0 Å². The lowest BCUT2D eigenvalue weighted by Gasteiger charge is -2.13. The second kappa shape index (κ2) is 6.55. The van der Waals surface area contributed by atoms with E-state index in [1.54, 1.807) is 36.4 Å². The minimum Gasteiger partial charge on any atom is -0.454 e. The Morgan fingerprint density at radius 2 is 1.84 bits per heavy atom. The maximum Gasteiger partial charge on any atom is 0.165 e. The van der Waals surface area contributed by atoms with Crippen LogP contribution < -0.4 is 10.1 Å². The molecule has 2 aromatic carbocycles. The topological polar surface area (TPSA) is 21.3 Å². The normalized spacial score (nSPS) is 10.5. The molecule has 2 rings (SSSR count). The maximum atomic E-state index is 13.6. The molecule has 2 aromatic rings. The van der Waals surface area contributed by atoms with Crippen molar-refractivity contribution < 1.29 is 9.13 Å². The molecule has 0 aromatic heterocycles. The van der Waals surface area contributed by atoms with Crippen molar-refractivity contribution >= 4 is 11.6 Å². The minimum atomic E-state index is -0.392. The highest BCUT2D eigenvalue weighted by Crippen LogP contribution is 2.31. The Morgan fingerprint density at radius 1 is 1.11 bits per heavy atom. The summed E-state index contributed by atoms with van der Waals surface area (Å²) in [6.07, 6.45) is 0. The molecule has 0 amide bonds. The molecule has 1 N–H and O–H groups in total. The lowest BCUT2D eigenvalue weighted by atomic mass is 10.2. The first-order valence-corrected chi connectivity index (χ1v) is 6.50. The molecule has 0 saturated heterocycles. The van der Waals surface area contributed by atoms with Gasteiger partial charge in [0, 0.05) is 17.1 Å². The lowest BCUT2D eigenvalue weighted by Crippen LogP contribution is -2.12. The standard InChI is InChI=1S/C15H15ClFNO/c1-2-18-10-11-12(16)6-5-9-14(11)19-15-8-4-3-7-13(15)17/h3-9,18H,2,10H2,1H3. The molecule has 0 unspecified atom stereocenters. The molecule has 19 heavy (non-hydrogen) atoms. The van der Waals surface area contributed by atoms with Gasteiger partial charge in [0.25, 0.3) is 0 Å². The second-order valence-corrected chi connectivity index (χ2v) is 4.44. The number of rotatable bonds is 5. The number of para-hydroxylation sites is 1. The molecule has 0 atom stereocenters. The molecule has 0 fully saturated rings. The average molecular weight is 280 g/mol. The van der Waals surface area contributed by atoms with E-state index in [0.717, 1.165) is 12.1 Å². The summed E-state index contributed by atoms with van der Waals surface area (Å²) >= 11 is 6.16. The predicted octanol–water partition coefficient (Wildman–Crippen LogP) is 4.38. The van der Waals surface area contributed by atoms with Crippen LogP contribution in [0, 0.1) is 5.82 Å². The van der Waals surface area contributed by atoms with E-state index < -0.39 is 5.82 Å². The van der Waals surface area contributed by atoms with Crippen molar-refractivity contribution in [2.24, 2.45) is 0 Å². The third-order valence-electron chi connectivity index (χ3n) is 2.68. The van der Waals surface area contributed by atoms with E-state index >= 15 is 0 Å². The van der Waals surface area contributed by atoms with Gasteiger partial charge in [-0.25, -0.2) is 4.39 Å². The lowest BCUT2D eigenvalue weighted by molar-refractivity contribution is 0.436. The molecule has 0 heterocycles. The molecule has 2 nitrogen and oxygen atoms in total. The van der Waals surface area contributed by atoms with Crippen molar-refractivity contribution in [1.29, 1.82) is 0 Å². The van der Waals surface area contributed by atoms with Gasteiger partial charge < -0.3 is 10.1 Å².